The molecule has 2 heterocycles. The summed E-state index contributed by atoms with van der Waals surface area (Å²) in [5.41, 5.74) is 4.33. The number of imidazole rings is 1. The molecule has 4 heteroatoms. The van der Waals surface area contributed by atoms with Crippen LogP contribution in [0.4, 0.5) is 0 Å². The molecule has 0 spiro atoms. The molecule has 29 heavy (non-hydrogen) atoms. The maximum atomic E-state index is 13.4. The molecule has 0 N–H and O–H groups in total. The topological polar surface area (TPSA) is 34.4 Å². The van der Waals surface area contributed by atoms with Crippen molar-refractivity contribution in [3.8, 4) is 11.1 Å². The Kier molecular flexibility index (Phi) is 4.41. The van der Waals surface area contributed by atoms with Crippen molar-refractivity contribution in [1.29, 1.82) is 0 Å². The van der Waals surface area contributed by atoms with Gasteiger partial charge in [-0.1, -0.05) is 78.9 Å². The van der Waals surface area contributed by atoms with Crippen LogP contribution < -0.4 is 0 Å². The summed E-state index contributed by atoms with van der Waals surface area (Å²) in [5, 5.41) is 2.91. The minimum Gasteiger partial charge on any atom is -0.295 e. The van der Waals surface area contributed by atoms with Gasteiger partial charge in [-0.2, -0.15) is 0 Å². The molecule has 0 aliphatic carbocycles. The molecule has 0 amide bonds. The van der Waals surface area contributed by atoms with Crippen LogP contribution in [0, 0.1) is 0 Å². The summed E-state index contributed by atoms with van der Waals surface area (Å²) in [4.78, 5) is 18.2. The second-order valence-corrected chi connectivity index (χ2v) is 7.63. The van der Waals surface area contributed by atoms with Crippen molar-refractivity contribution < 1.29 is 4.79 Å². The summed E-state index contributed by atoms with van der Waals surface area (Å²) < 4.78 is 1.92. The van der Waals surface area contributed by atoms with Crippen LogP contribution in [0.2, 0.25) is 0 Å². The molecule has 3 nitrogen and oxygen atoms in total. The van der Waals surface area contributed by atoms with E-state index in [-0.39, 0.29) is 5.78 Å². The number of nitrogens with zero attached hydrogens (tertiary/aromatic N) is 2. The minimum atomic E-state index is -0.0169. The third kappa shape index (κ3) is 3.02. The summed E-state index contributed by atoms with van der Waals surface area (Å²) in [5.74, 6) is -0.0169. The zero-order valence-electron chi connectivity index (χ0n) is 15.9. The highest BCUT2D eigenvalue weighted by atomic mass is 32.2. The average molecular weight is 394 g/mol. The molecule has 0 fully saturated rings. The molecule has 0 saturated heterocycles. The van der Waals surface area contributed by atoms with Crippen LogP contribution in [0.5, 0.6) is 0 Å². The number of hydrogen-bond donors (Lipinski definition) is 0. The number of benzene rings is 3. The summed E-state index contributed by atoms with van der Waals surface area (Å²) >= 11 is 1.50. The fourth-order valence-corrected chi connectivity index (χ4v) is 4.24. The minimum absolute atomic E-state index is 0.0169. The first-order chi connectivity index (χ1) is 14.3. The predicted octanol–water partition coefficient (Wildman–Crippen LogP) is 6.11. The molecule has 0 radical (unpaired) electrons. The highest BCUT2D eigenvalue weighted by Gasteiger charge is 2.21. The Bertz CT molecular complexity index is 1340. The van der Waals surface area contributed by atoms with E-state index in [1.165, 1.54) is 11.8 Å². The van der Waals surface area contributed by atoms with Gasteiger partial charge in [-0.15, -0.1) is 11.8 Å². The third-order valence-electron chi connectivity index (χ3n) is 5.15. The first-order valence-electron chi connectivity index (χ1n) is 9.40. The lowest BCUT2D eigenvalue weighted by atomic mass is 10.0. The molecule has 0 saturated carbocycles. The summed E-state index contributed by atoms with van der Waals surface area (Å²) in [6.07, 6.45) is 3.90. The molecule has 3 aromatic carbocycles. The van der Waals surface area contributed by atoms with Gasteiger partial charge >= 0.3 is 0 Å². The van der Waals surface area contributed by atoms with Gasteiger partial charge in [0.25, 0.3) is 0 Å². The van der Waals surface area contributed by atoms with Crippen molar-refractivity contribution in [3.63, 3.8) is 0 Å². The van der Waals surface area contributed by atoms with Crippen molar-refractivity contribution in [1.82, 2.24) is 9.38 Å². The second-order valence-electron chi connectivity index (χ2n) is 6.84. The van der Waals surface area contributed by atoms with Crippen LogP contribution in [0.1, 0.15) is 16.1 Å². The number of ketones is 1. The van der Waals surface area contributed by atoms with Crippen LogP contribution in [0.3, 0.4) is 0 Å². The van der Waals surface area contributed by atoms with E-state index in [1.54, 1.807) is 0 Å². The summed E-state index contributed by atoms with van der Waals surface area (Å²) in [6.45, 7) is 0. The number of carbonyl (C=O) groups is 1. The van der Waals surface area contributed by atoms with E-state index in [1.807, 2.05) is 83.6 Å². The molecule has 2 aromatic heterocycles. The Morgan fingerprint density at radius 2 is 1.52 bits per heavy atom. The molecular weight excluding hydrogens is 376 g/mol. The zero-order chi connectivity index (χ0) is 19.8. The normalized spacial score (nSPS) is 11.2. The number of pyridine rings is 1. The molecule has 0 aliphatic rings. The number of carbonyl (C=O) groups excluding carboxylic acids is 1. The van der Waals surface area contributed by atoms with E-state index in [0.717, 1.165) is 32.6 Å². The van der Waals surface area contributed by atoms with Crippen molar-refractivity contribution in [3.05, 3.63) is 102 Å². The van der Waals surface area contributed by atoms with Crippen molar-refractivity contribution in [2.24, 2.45) is 0 Å². The Labute approximate surface area is 173 Å². The Balaban J connectivity index is 1.61. The third-order valence-corrected chi connectivity index (χ3v) is 5.82. The van der Waals surface area contributed by atoms with Gasteiger partial charge in [-0.25, -0.2) is 4.98 Å². The van der Waals surface area contributed by atoms with Crippen LogP contribution >= 0.6 is 11.8 Å². The molecular formula is C25H18N2OS. The number of aromatic nitrogens is 2. The lowest BCUT2D eigenvalue weighted by molar-refractivity contribution is 0.103. The number of rotatable bonds is 4. The SMILES string of the molecule is CSc1nc2c3ccccc3ccn2c1C(=O)c1ccc(-c2ccccc2)cc1. The predicted molar refractivity (Wildman–Crippen MR) is 120 cm³/mol. The molecule has 140 valence electrons. The molecule has 0 unspecified atom stereocenters. The van der Waals surface area contributed by atoms with E-state index in [9.17, 15) is 4.79 Å². The van der Waals surface area contributed by atoms with Crippen LogP contribution in [0.25, 0.3) is 27.5 Å². The van der Waals surface area contributed by atoms with E-state index in [4.69, 9.17) is 4.98 Å². The van der Waals surface area contributed by atoms with Gasteiger partial charge in [-0.05, 0) is 28.8 Å². The van der Waals surface area contributed by atoms with Gasteiger partial charge in [0.05, 0.1) is 0 Å². The quantitative estimate of drug-likeness (QED) is 0.272. The highest BCUT2D eigenvalue weighted by Crippen LogP contribution is 2.29. The highest BCUT2D eigenvalue weighted by molar-refractivity contribution is 7.98. The van der Waals surface area contributed by atoms with E-state index >= 15 is 0 Å². The maximum absolute atomic E-state index is 13.4. The number of thioether (sulfide) groups is 1. The fourth-order valence-electron chi connectivity index (χ4n) is 3.68. The van der Waals surface area contributed by atoms with Crippen molar-refractivity contribution in [2.45, 2.75) is 5.03 Å². The lowest BCUT2D eigenvalue weighted by Crippen LogP contribution is -2.06. The van der Waals surface area contributed by atoms with E-state index in [2.05, 4.69) is 18.2 Å². The van der Waals surface area contributed by atoms with Gasteiger partial charge in [0, 0.05) is 17.1 Å². The van der Waals surface area contributed by atoms with Crippen molar-refractivity contribution >= 4 is 34.0 Å². The van der Waals surface area contributed by atoms with Crippen LogP contribution in [0.15, 0.2) is 96.2 Å². The molecule has 5 rings (SSSR count). The lowest BCUT2D eigenvalue weighted by Gasteiger charge is -2.06. The Hall–Kier alpha value is -3.37. The maximum Gasteiger partial charge on any atom is 0.212 e. The van der Waals surface area contributed by atoms with Gasteiger partial charge in [-0.3, -0.25) is 9.20 Å². The monoisotopic (exact) mass is 394 g/mol. The molecule has 0 atom stereocenters. The van der Waals surface area contributed by atoms with Crippen LogP contribution in [-0.2, 0) is 0 Å². The smallest absolute Gasteiger partial charge is 0.212 e. The summed E-state index contributed by atoms with van der Waals surface area (Å²) in [7, 11) is 0. The first-order valence-corrected chi connectivity index (χ1v) is 10.6. The number of fused-ring (bicyclic) bond motifs is 3. The van der Waals surface area contributed by atoms with Crippen LogP contribution in [-0.4, -0.2) is 21.4 Å². The van der Waals surface area contributed by atoms with Gasteiger partial charge in [0.2, 0.25) is 5.78 Å². The second kappa shape index (κ2) is 7.22. The zero-order valence-corrected chi connectivity index (χ0v) is 16.7. The average Bonchev–Trinajstić information content (AvgIpc) is 3.18. The molecule has 5 aromatic rings. The van der Waals surface area contributed by atoms with E-state index in [0.29, 0.717) is 11.3 Å². The van der Waals surface area contributed by atoms with Gasteiger partial charge in [0.15, 0.2) is 0 Å². The molecule has 0 bridgehead atoms. The van der Waals surface area contributed by atoms with Gasteiger partial charge < -0.3 is 0 Å². The van der Waals surface area contributed by atoms with Gasteiger partial charge in [0.1, 0.15) is 16.4 Å². The largest absolute Gasteiger partial charge is 0.295 e. The van der Waals surface area contributed by atoms with Crippen molar-refractivity contribution in [2.75, 3.05) is 6.26 Å². The standard InChI is InChI=1S/C25H18N2OS/c1-29-25-22(27-16-15-19-9-5-6-10-21(19)24(27)26-25)23(28)20-13-11-18(12-14-20)17-7-3-2-4-8-17/h2-16H,1H3. The number of hydrogen-bond acceptors (Lipinski definition) is 3. The first kappa shape index (κ1) is 17.7. The Morgan fingerprint density at radius 3 is 2.28 bits per heavy atom. The van der Waals surface area contributed by atoms with E-state index < -0.39 is 0 Å². The molecule has 0 aliphatic heterocycles. The summed E-state index contributed by atoms with van der Waals surface area (Å²) in [6, 6.07) is 28.1. The Morgan fingerprint density at radius 1 is 0.828 bits per heavy atom. The fraction of sp³-hybridized carbons (Fsp3) is 0.0400.